The number of pyridine rings is 1. The first kappa shape index (κ1) is 15.5. The van der Waals surface area contributed by atoms with Crippen molar-refractivity contribution in [1.29, 1.82) is 0 Å². The quantitative estimate of drug-likeness (QED) is 0.791. The van der Waals surface area contributed by atoms with Crippen LogP contribution in [0.4, 0.5) is 17.2 Å². The lowest BCUT2D eigenvalue weighted by Crippen LogP contribution is -2.28. The number of nitrogens with two attached hydrogens (primary N) is 1. The van der Waals surface area contributed by atoms with Crippen LogP contribution in [-0.2, 0) is 4.79 Å². The third-order valence-electron chi connectivity index (χ3n) is 4.26. The lowest BCUT2D eigenvalue weighted by atomic mass is 10.00. The van der Waals surface area contributed by atoms with Crippen molar-refractivity contribution >= 4 is 23.1 Å². The summed E-state index contributed by atoms with van der Waals surface area (Å²) in [7, 11) is 0. The summed E-state index contributed by atoms with van der Waals surface area (Å²) in [5.41, 5.74) is 7.70. The Balaban J connectivity index is 1.54. The van der Waals surface area contributed by atoms with Gasteiger partial charge in [0.05, 0.1) is 11.9 Å². The van der Waals surface area contributed by atoms with E-state index in [0.29, 0.717) is 18.0 Å². The van der Waals surface area contributed by atoms with Crippen molar-refractivity contribution in [2.45, 2.75) is 31.7 Å². The third-order valence-corrected chi connectivity index (χ3v) is 4.26. The fourth-order valence-electron chi connectivity index (χ4n) is 2.98. The number of aromatic nitrogens is 1. The summed E-state index contributed by atoms with van der Waals surface area (Å²) >= 11 is 0. The molecule has 0 saturated heterocycles. The average molecular weight is 310 g/mol. The highest BCUT2D eigenvalue weighted by atomic mass is 16.1. The zero-order valence-electron chi connectivity index (χ0n) is 13.0. The van der Waals surface area contributed by atoms with Crippen molar-refractivity contribution in [2.75, 3.05) is 10.6 Å². The molecule has 1 aliphatic rings. The van der Waals surface area contributed by atoms with E-state index in [-0.39, 0.29) is 11.9 Å². The minimum atomic E-state index is 0.0120. The number of hydrogen-bond acceptors (Lipinski definition) is 4. The Kier molecular flexibility index (Phi) is 4.88. The summed E-state index contributed by atoms with van der Waals surface area (Å²) in [6, 6.07) is 13.7. The molecule has 2 aromatic rings. The highest BCUT2D eigenvalue weighted by Crippen LogP contribution is 2.27. The maximum atomic E-state index is 12.1. The van der Waals surface area contributed by atoms with E-state index in [1.807, 2.05) is 42.5 Å². The third kappa shape index (κ3) is 4.29. The molecule has 1 heterocycles. The second-order valence-corrected chi connectivity index (χ2v) is 6.03. The molecular formula is C18H22N4O. The van der Waals surface area contributed by atoms with E-state index in [4.69, 9.17) is 5.73 Å². The lowest BCUT2D eigenvalue weighted by molar-refractivity contribution is -0.117. The van der Waals surface area contributed by atoms with Gasteiger partial charge in [0, 0.05) is 18.2 Å². The van der Waals surface area contributed by atoms with E-state index in [2.05, 4.69) is 15.6 Å². The van der Waals surface area contributed by atoms with Gasteiger partial charge in [-0.15, -0.1) is 0 Å². The van der Waals surface area contributed by atoms with Gasteiger partial charge in [0.25, 0.3) is 0 Å². The summed E-state index contributed by atoms with van der Waals surface area (Å²) in [4.78, 5) is 16.4. The molecule has 4 N–H and O–H groups in total. The van der Waals surface area contributed by atoms with Gasteiger partial charge < -0.3 is 16.4 Å². The average Bonchev–Trinajstić information content (AvgIpc) is 2.95. The standard InChI is InChI=1S/C18H22N4O/c19-16-8-4-5-13(16)11-18(23)22-15-9-10-17(20-12-15)21-14-6-2-1-3-7-14/h1-3,6-7,9-10,12-13,16H,4-5,8,11,19H2,(H,20,21)(H,22,23)/t13-,16+/m0/s1. The van der Waals surface area contributed by atoms with Crippen LogP contribution >= 0.6 is 0 Å². The van der Waals surface area contributed by atoms with Crippen LogP contribution in [0, 0.1) is 5.92 Å². The Labute approximate surface area is 136 Å². The maximum Gasteiger partial charge on any atom is 0.224 e. The van der Waals surface area contributed by atoms with E-state index in [1.165, 1.54) is 0 Å². The molecule has 0 aliphatic heterocycles. The molecule has 1 saturated carbocycles. The first-order chi connectivity index (χ1) is 11.2. The molecule has 5 nitrogen and oxygen atoms in total. The Bertz CT molecular complexity index is 642. The fourth-order valence-corrected chi connectivity index (χ4v) is 2.98. The molecule has 1 aromatic carbocycles. The van der Waals surface area contributed by atoms with Gasteiger partial charge in [-0.2, -0.15) is 0 Å². The SMILES string of the molecule is N[C@@H]1CCC[C@H]1CC(=O)Nc1ccc(Nc2ccccc2)nc1. The zero-order chi connectivity index (χ0) is 16.1. The molecule has 0 unspecified atom stereocenters. The van der Waals surface area contributed by atoms with Crippen molar-refractivity contribution in [3.63, 3.8) is 0 Å². The molecule has 5 heteroatoms. The largest absolute Gasteiger partial charge is 0.340 e. The number of anilines is 3. The number of nitrogens with zero attached hydrogens (tertiary/aromatic N) is 1. The molecule has 1 aromatic heterocycles. The van der Waals surface area contributed by atoms with E-state index >= 15 is 0 Å². The number of para-hydroxylation sites is 1. The van der Waals surface area contributed by atoms with Gasteiger partial charge in [-0.25, -0.2) is 4.98 Å². The summed E-state index contributed by atoms with van der Waals surface area (Å²) in [6.45, 7) is 0. The van der Waals surface area contributed by atoms with E-state index in [0.717, 1.165) is 30.8 Å². The first-order valence-electron chi connectivity index (χ1n) is 8.04. The predicted molar refractivity (Wildman–Crippen MR) is 92.5 cm³/mol. The first-order valence-corrected chi connectivity index (χ1v) is 8.04. The Morgan fingerprint density at radius 3 is 2.61 bits per heavy atom. The van der Waals surface area contributed by atoms with E-state index in [9.17, 15) is 4.79 Å². The minimum absolute atomic E-state index is 0.0120. The number of nitrogens with one attached hydrogen (secondary N) is 2. The number of hydrogen-bond donors (Lipinski definition) is 3. The summed E-state index contributed by atoms with van der Waals surface area (Å²) in [5, 5.41) is 6.10. The Morgan fingerprint density at radius 1 is 1.13 bits per heavy atom. The van der Waals surface area contributed by atoms with Crippen molar-refractivity contribution < 1.29 is 4.79 Å². The highest BCUT2D eigenvalue weighted by molar-refractivity contribution is 5.90. The second-order valence-electron chi connectivity index (χ2n) is 6.03. The van der Waals surface area contributed by atoms with Crippen LogP contribution < -0.4 is 16.4 Å². The van der Waals surface area contributed by atoms with Gasteiger partial charge >= 0.3 is 0 Å². The maximum absolute atomic E-state index is 12.1. The normalized spacial score (nSPS) is 20.2. The molecule has 120 valence electrons. The predicted octanol–water partition coefficient (Wildman–Crippen LogP) is 3.28. The van der Waals surface area contributed by atoms with Gasteiger partial charge in [-0.05, 0) is 43.0 Å². The minimum Gasteiger partial charge on any atom is -0.340 e. The topological polar surface area (TPSA) is 80.0 Å². The van der Waals surface area contributed by atoms with E-state index < -0.39 is 0 Å². The molecule has 2 atom stereocenters. The summed E-state index contributed by atoms with van der Waals surface area (Å²) in [6.07, 6.45) is 5.36. The molecule has 0 radical (unpaired) electrons. The van der Waals surface area contributed by atoms with Gasteiger partial charge in [-0.3, -0.25) is 4.79 Å². The van der Waals surface area contributed by atoms with Crippen LogP contribution in [0.1, 0.15) is 25.7 Å². The number of carbonyl (C=O) groups excluding carboxylic acids is 1. The summed E-state index contributed by atoms with van der Waals surface area (Å²) < 4.78 is 0. The highest BCUT2D eigenvalue weighted by Gasteiger charge is 2.25. The van der Waals surface area contributed by atoms with Gasteiger partial charge in [0.1, 0.15) is 5.82 Å². The van der Waals surface area contributed by atoms with Crippen LogP contribution in [0.5, 0.6) is 0 Å². The summed E-state index contributed by atoms with van der Waals surface area (Å²) in [5.74, 6) is 1.06. The Morgan fingerprint density at radius 2 is 1.96 bits per heavy atom. The van der Waals surface area contributed by atoms with Gasteiger partial charge in [0.2, 0.25) is 5.91 Å². The molecule has 3 rings (SSSR count). The van der Waals surface area contributed by atoms with Crippen LogP contribution in [0.3, 0.4) is 0 Å². The monoisotopic (exact) mass is 310 g/mol. The molecule has 1 amide bonds. The second kappa shape index (κ2) is 7.24. The lowest BCUT2D eigenvalue weighted by Gasteiger charge is -2.14. The molecular weight excluding hydrogens is 288 g/mol. The number of rotatable bonds is 5. The van der Waals surface area contributed by atoms with Crippen LogP contribution in [-0.4, -0.2) is 16.9 Å². The van der Waals surface area contributed by atoms with Gasteiger partial charge in [0.15, 0.2) is 0 Å². The molecule has 0 spiro atoms. The fraction of sp³-hybridized carbons (Fsp3) is 0.333. The molecule has 1 fully saturated rings. The van der Waals surface area contributed by atoms with Crippen molar-refractivity contribution in [3.05, 3.63) is 48.7 Å². The van der Waals surface area contributed by atoms with Crippen molar-refractivity contribution in [3.8, 4) is 0 Å². The number of carbonyl (C=O) groups is 1. The molecule has 0 bridgehead atoms. The van der Waals surface area contributed by atoms with Crippen LogP contribution in [0.2, 0.25) is 0 Å². The van der Waals surface area contributed by atoms with Gasteiger partial charge in [-0.1, -0.05) is 24.6 Å². The number of benzene rings is 1. The van der Waals surface area contributed by atoms with Crippen LogP contribution in [0.15, 0.2) is 48.7 Å². The molecule has 1 aliphatic carbocycles. The Hall–Kier alpha value is -2.40. The van der Waals surface area contributed by atoms with Crippen LogP contribution in [0.25, 0.3) is 0 Å². The molecule has 23 heavy (non-hydrogen) atoms. The smallest absolute Gasteiger partial charge is 0.224 e. The van der Waals surface area contributed by atoms with E-state index in [1.54, 1.807) is 6.20 Å². The number of amides is 1. The van der Waals surface area contributed by atoms with Crippen molar-refractivity contribution in [1.82, 2.24) is 4.98 Å². The zero-order valence-corrected chi connectivity index (χ0v) is 13.0. The van der Waals surface area contributed by atoms with Crippen molar-refractivity contribution in [2.24, 2.45) is 11.7 Å².